The van der Waals surface area contributed by atoms with E-state index in [1.165, 1.54) is 0 Å². The molecule has 0 aliphatic carbocycles. The van der Waals surface area contributed by atoms with Crippen molar-refractivity contribution in [2.75, 3.05) is 31.6 Å². The van der Waals surface area contributed by atoms with Crippen molar-refractivity contribution >= 4 is 11.7 Å². The van der Waals surface area contributed by atoms with Gasteiger partial charge in [-0.2, -0.15) is 0 Å². The average Bonchev–Trinajstić information content (AvgIpc) is 3.10. The molecule has 2 aromatic heterocycles. The Morgan fingerprint density at radius 3 is 3.00 bits per heavy atom. The fourth-order valence-corrected chi connectivity index (χ4v) is 2.78. The Morgan fingerprint density at radius 2 is 2.27 bits per heavy atom. The second-order valence-corrected chi connectivity index (χ2v) is 5.57. The number of piperidine rings is 1. The Morgan fingerprint density at radius 1 is 1.36 bits per heavy atom. The molecule has 0 spiro atoms. The van der Waals surface area contributed by atoms with Crippen molar-refractivity contribution in [1.82, 2.24) is 24.4 Å². The van der Waals surface area contributed by atoms with Gasteiger partial charge in [-0.1, -0.05) is 0 Å². The number of anilines is 1. The minimum atomic E-state index is 0.123. The van der Waals surface area contributed by atoms with Crippen molar-refractivity contribution in [2.45, 2.75) is 18.9 Å². The van der Waals surface area contributed by atoms with Crippen LogP contribution in [0.15, 0.2) is 37.3 Å². The first-order valence-electron chi connectivity index (χ1n) is 7.46. The van der Waals surface area contributed by atoms with E-state index < -0.39 is 0 Å². The molecule has 1 aliphatic rings. The van der Waals surface area contributed by atoms with Crippen molar-refractivity contribution in [3.8, 4) is 0 Å². The zero-order chi connectivity index (χ0) is 15.4. The van der Waals surface area contributed by atoms with E-state index in [0.717, 1.165) is 25.9 Å². The summed E-state index contributed by atoms with van der Waals surface area (Å²) in [6, 6.07) is 0.321. The molecule has 0 bridgehead atoms. The molecule has 22 heavy (non-hydrogen) atoms. The molecular formula is C15H20N6O. The Hall–Kier alpha value is -2.44. The van der Waals surface area contributed by atoms with Crippen molar-refractivity contribution < 1.29 is 4.79 Å². The molecule has 1 fully saturated rings. The normalized spacial score (nSPS) is 18.2. The average molecular weight is 300 g/mol. The first kappa shape index (κ1) is 14.5. The molecule has 3 rings (SSSR count). The zero-order valence-corrected chi connectivity index (χ0v) is 12.7. The lowest BCUT2D eigenvalue weighted by atomic mass is 10.1. The summed E-state index contributed by atoms with van der Waals surface area (Å²) in [7, 11) is 1.86. The van der Waals surface area contributed by atoms with E-state index in [1.54, 1.807) is 24.8 Å². The van der Waals surface area contributed by atoms with Crippen LogP contribution in [0.4, 0.5) is 5.82 Å². The lowest BCUT2D eigenvalue weighted by Crippen LogP contribution is -2.45. The number of likely N-dealkylation sites (tertiary alicyclic amines) is 1. The van der Waals surface area contributed by atoms with Gasteiger partial charge in [0.15, 0.2) is 0 Å². The number of hydrogen-bond acceptors (Lipinski definition) is 5. The molecule has 1 aliphatic heterocycles. The molecule has 0 unspecified atom stereocenters. The SMILES string of the molecule is CN(CC(=O)N1CCC[C@@H](n2ccnc2)C1)c1cnccn1. The van der Waals surface area contributed by atoms with Gasteiger partial charge in [0.2, 0.25) is 5.91 Å². The highest BCUT2D eigenvalue weighted by Gasteiger charge is 2.25. The molecule has 7 heteroatoms. The van der Waals surface area contributed by atoms with E-state index in [2.05, 4.69) is 19.5 Å². The maximum absolute atomic E-state index is 12.5. The third kappa shape index (κ3) is 3.24. The molecule has 0 aromatic carbocycles. The van der Waals surface area contributed by atoms with Gasteiger partial charge in [0.25, 0.3) is 0 Å². The summed E-state index contributed by atoms with van der Waals surface area (Å²) < 4.78 is 2.09. The number of nitrogens with zero attached hydrogens (tertiary/aromatic N) is 6. The number of amides is 1. The molecule has 2 aromatic rings. The molecule has 7 nitrogen and oxygen atoms in total. The standard InChI is InChI=1S/C15H20N6O/c1-19(14-9-16-4-5-18-14)11-15(22)20-7-2-3-13(10-20)21-8-6-17-12-21/h4-6,8-9,12-13H,2-3,7,10-11H2,1H3/t13-/m1/s1. The number of rotatable bonds is 4. The Kier molecular flexibility index (Phi) is 4.32. The number of hydrogen-bond donors (Lipinski definition) is 0. The molecular weight excluding hydrogens is 280 g/mol. The van der Waals surface area contributed by atoms with Crippen molar-refractivity contribution in [2.24, 2.45) is 0 Å². The van der Waals surface area contributed by atoms with E-state index in [-0.39, 0.29) is 5.91 Å². The quantitative estimate of drug-likeness (QED) is 0.842. The summed E-state index contributed by atoms with van der Waals surface area (Å²) in [5.74, 6) is 0.831. The minimum absolute atomic E-state index is 0.123. The number of imidazole rings is 1. The highest BCUT2D eigenvalue weighted by atomic mass is 16.2. The molecule has 0 radical (unpaired) electrons. The van der Waals surface area contributed by atoms with Crippen molar-refractivity contribution in [3.05, 3.63) is 37.3 Å². The Labute approximate surface area is 129 Å². The van der Waals surface area contributed by atoms with Crippen molar-refractivity contribution in [3.63, 3.8) is 0 Å². The number of carbonyl (C=O) groups excluding carboxylic acids is 1. The van der Waals surface area contributed by atoms with Gasteiger partial charge in [0.05, 0.1) is 25.1 Å². The molecule has 3 heterocycles. The smallest absolute Gasteiger partial charge is 0.242 e. The van der Waals surface area contributed by atoms with Crippen LogP contribution in [-0.2, 0) is 4.79 Å². The molecule has 116 valence electrons. The minimum Gasteiger partial charge on any atom is -0.349 e. The van der Waals surface area contributed by atoms with Gasteiger partial charge in [-0.3, -0.25) is 9.78 Å². The van der Waals surface area contributed by atoms with Crippen LogP contribution in [0.5, 0.6) is 0 Å². The maximum Gasteiger partial charge on any atom is 0.242 e. The third-order valence-corrected chi connectivity index (χ3v) is 4.01. The first-order valence-corrected chi connectivity index (χ1v) is 7.46. The Balaban J connectivity index is 1.60. The predicted octanol–water partition coefficient (Wildman–Crippen LogP) is 0.973. The van der Waals surface area contributed by atoms with E-state index in [0.29, 0.717) is 18.4 Å². The maximum atomic E-state index is 12.5. The molecule has 1 saturated heterocycles. The van der Waals surface area contributed by atoms with Crippen LogP contribution in [0.2, 0.25) is 0 Å². The Bertz CT molecular complexity index is 600. The summed E-state index contributed by atoms with van der Waals surface area (Å²) in [6.45, 7) is 1.87. The van der Waals surface area contributed by atoms with Gasteiger partial charge in [-0.15, -0.1) is 0 Å². The zero-order valence-electron chi connectivity index (χ0n) is 12.7. The summed E-state index contributed by atoms with van der Waals surface area (Å²) in [4.78, 5) is 28.6. The summed E-state index contributed by atoms with van der Waals surface area (Å²) >= 11 is 0. The molecule has 0 saturated carbocycles. The van der Waals surface area contributed by atoms with Crippen LogP contribution in [0.1, 0.15) is 18.9 Å². The second-order valence-electron chi connectivity index (χ2n) is 5.57. The lowest BCUT2D eigenvalue weighted by Gasteiger charge is -2.34. The fraction of sp³-hybridized carbons (Fsp3) is 0.467. The van der Waals surface area contributed by atoms with Crippen LogP contribution < -0.4 is 4.90 Å². The third-order valence-electron chi connectivity index (χ3n) is 4.01. The lowest BCUT2D eigenvalue weighted by molar-refractivity contribution is -0.131. The van der Waals surface area contributed by atoms with Gasteiger partial charge in [0.1, 0.15) is 5.82 Å². The largest absolute Gasteiger partial charge is 0.349 e. The summed E-state index contributed by atoms with van der Waals surface area (Å²) in [5.41, 5.74) is 0. The highest BCUT2D eigenvalue weighted by molar-refractivity contribution is 5.81. The van der Waals surface area contributed by atoms with Crippen LogP contribution >= 0.6 is 0 Å². The van der Waals surface area contributed by atoms with Crippen LogP contribution in [0.25, 0.3) is 0 Å². The highest BCUT2D eigenvalue weighted by Crippen LogP contribution is 2.21. The number of carbonyl (C=O) groups is 1. The van der Waals surface area contributed by atoms with Gasteiger partial charge in [0, 0.05) is 44.9 Å². The van der Waals surface area contributed by atoms with E-state index >= 15 is 0 Å². The molecule has 1 amide bonds. The summed E-state index contributed by atoms with van der Waals surface area (Å²) in [6.07, 6.45) is 12.6. The van der Waals surface area contributed by atoms with E-state index in [1.807, 2.05) is 29.4 Å². The van der Waals surface area contributed by atoms with Gasteiger partial charge >= 0.3 is 0 Å². The van der Waals surface area contributed by atoms with Gasteiger partial charge in [-0.05, 0) is 12.8 Å². The topological polar surface area (TPSA) is 67.2 Å². The van der Waals surface area contributed by atoms with Gasteiger partial charge < -0.3 is 14.4 Å². The van der Waals surface area contributed by atoms with E-state index in [4.69, 9.17) is 0 Å². The molecule has 0 N–H and O–H groups in total. The monoisotopic (exact) mass is 300 g/mol. The number of aromatic nitrogens is 4. The van der Waals surface area contributed by atoms with Crippen molar-refractivity contribution in [1.29, 1.82) is 0 Å². The van der Waals surface area contributed by atoms with Crippen LogP contribution in [0.3, 0.4) is 0 Å². The molecule has 1 atom stereocenters. The second kappa shape index (κ2) is 6.55. The summed E-state index contributed by atoms with van der Waals surface area (Å²) in [5, 5.41) is 0. The van der Waals surface area contributed by atoms with E-state index in [9.17, 15) is 4.79 Å². The first-order chi connectivity index (χ1) is 10.7. The van der Waals surface area contributed by atoms with Crippen LogP contribution in [0, 0.1) is 0 Å². The predicted molar refractivity (Wildman–Crippen MR) is 82.4 cm³/mol. The fourth-order valence-electron chi connectivity index (χ4n) is 2.78. The van der Waals surface area contributed by atoms with Crippen LogP contribution in [-0.4, -0.2) is 57.0 Å². The van der Waals surface area contributed by atoms with Gasteiger partial charge in [-0.25, -0.2) is 9.97 Å². The number of likely N-dealkylation sites (N-methyl/N-ethyl adjacent to an activating group) is 1.